The van der Waals surface area contributed by atoms with Crippen LogP contribution in [0, 0.1) is 0 Å². The van der Waals surface area contributed by atoms with E-state index in [1.54, 1.807) is 24.4 Å². The highest BCUT2D eigenvalue weighted by Crippen LogP contribution is 2.33. The van der Waals surface area contributed by atoms with Gasteiger partial charge in [-0.3, -0.25) is 9.79 Å². The Labute approximate surface area is 172 Å². The van der Waals surface area contributed by atoms with E-state index in [1.807, 2.05) is 17.0 Å². The molecule has 0 unspecified atom stereocenters. The molecule has 4 rings (SSSR count). The van der Waals surface area contributed by atoms with Crippen LogP contribution in [0.5, 0.6) is 0 Å². The van der Waals surface area contributed by atoms with Gasteiger partial charge in [-0.2, -0.15) is 0 Å². The summed E-state index contributed by atoms with van der Waals surface area (Å²) in [7, 11) is 1.64. The molecule has 4 heterocycles. The lowest BCUT2D eigenvalue weighted by Crippen LogP contribution is -2.37. The van der Waals surface area contributed by atoms with Gasteiger partial charge in [-0.25, -0.2) is 14.4 Å². The molecule has 2 aliphatic heterocycles. The van der Waals surface area contributed by atoms with Gasteiger partial charge in [-0.05, 0) is 25.0 Å². The summed E-state index contributed by atoms with van der Waals surface area (Å²) in [6.45, 7) is 1.72. The van der Waals surface area contributed by atoms with Crippen molar-refractivity contribution >= 4 is 29.3 Å². The second-order valence-corrected chi connectivity index (χ2v) is 8.07. The van der Waals surface area contributed by atoms with Crippen molar-refractivity contribution in [3.05, 3.63) is 40.8 Å². The molecule has 2 aromatic rings. The second-order valence-electron chi connectivity index (χ2n) is 7.07. The maximum absolute atomic E-state index is 13.7. The van der Waals surface area contributed by atoms with E-state index < -0.39 is 6.17 Å². The lowest BCUT2D eigenvalue weighted by molar-refractivity contribution is 0.0805. The van der Waals surface area contributed by atoms with Crippen molar-refractivity contribution in [3.8, 4) is 10.6 Å². The number of hydrogen-bond acceptors (Lipinski definition) is 7. The standard InChI is InChI=1S/C20H23FN6OS/c1-23-11-15(9-22)27-8-6-16-18(20(27)28)29-19(25-16)13-4-5-17(24-10-13)26-7-2-3-14(21)12-26/h4-5,9-11,14H,2-3,6-8,12,22H2,1H3/t14-/m1/s1. The Morgan fingerprint density at radius 3 is 2.97 bits per heavy atom. The fourth-order valence-corrected chi connectivity index (χ4v) is 4.72. The number of allylic oxidation sites excluding steroid dienone is 1. The second kappa shape index (κ2) is 8.28. The quantitative estimate of drug-likeness (QED) is 0.777. The van der Waals surface area contributed by atoms with Gasteiger partial charge in [0.1, 0.15) is 21.9 Å². The van der Waals surface area contributed by atoms with E-state index in [1.165, 1.54) is 17.5 Å². The van der Waals surface area contributed by atoms with Crippen molar-refractivity contribution in [2.24, 2.45) is 10.7 Å². The van der Waals surface area contributed by atoms with Crippen molar-refractivity contribution in [1.82, 2.24) is 14.9 Å². The van der Waals surface area contributed by atoms with Crippen LogP contribution in [0.25, 0.3) is 10.6 Å². The van der Waals surface area contributed by atoms with Gasteiger partial charge >= 0.3 is 0 Å². The molecular formula is C20H23FN6OS. The predicted octanol–water partition coefficient (Wildman–Crippen LogP) is 2.64. The first-order chi connectivity index (χ1) is 14.1. The predicted molar refractivity (Wildman–Crippen MR) is 113 cm³/mol. The number of alkyl halides is 1. The molecule has 9 heteroatoms. The lowest BCUT2D eigenvalue weighted by Gasteiger charge is -2.29. The minimum Gasteiger partial charge on any atom is -0.403 e. The number of fused-ring (bicyclic) bond motifs is 1. The van der Waals surface area contributed by atoms with Crippen molar-refractivity contribution in [2.75, 3.05) is 31.6 Å². The first-order valence-corrected chi connectivity index (χ1v) is 10.4. The molecule has 1 saturated heterocycles. The minimum atomic E-state index is -0.796. The van der Waals surface area contributed by atoms with Crippen LogP contribution in [-0.2, 0) is 6.42 Å². The zero-order valence-electron chi connectivity index (χ0n) is 16.2. The molecule has 2 aliphatic rings. The molecule has 0 aliphatic carbocycles. The van der Waals surface area contributed by atoms with Crippen molar-refractivity contribution < 1.29 is 9.18 Å². The molecule has 0 saturated carbocycles. The fraction of sp³-hybridized carbons (Fsp3) is 0.400. The van der Waals surface area contributed by atoms with E-state index in [9.17, 15) is 9.18 Å². The van der Waals surface area contributed by atoms with Crippen LogP contribution in [0.3, 0.4) is 0 Å². The molecule has 0 aromatic carbocycles. The minimum absolute atomic E-state index is 0.113. The van der Waals surface area contributed by atoms with Crippen molar-refractivity contribution in [1.29, 1.82) is 0 Å². The van der Waals surface area contributed by atoms with Crippen LogP contribution in [0.4, 0.5) is 10.2 Å². The summed E-state index contributed by atoms with van der Waals surface area (Å²) in [4.78, 5) is 30.3. The molecule has 7 nitrogen and oxygen atoms in total. The van der Waals surface area contributed by atoms with Crippen LogP contribution in [0.15, 0.2) is 35.2 Å². The van der Waals surface area contributed by atoms with E-state index in [2.05, 4.69) is 15.0 Å². The Morgan fingerprint density at radius 1 is 1.41 bits per heavy atom. The molecule has 1 fully saturated rings. The van der Waals surface area contributed by atoms with Gasteiger partial charge in [0.25, 0.3) is 5.91 Å². The fourth-order valence-electron chi connectivity index (χ4n) is 3.67. The summed E-state index contributed by atoms with van der Waals surface area (Å²) in [5.74, 6) is 0.662. The molecular weight excluding hydrogens is 391 g/mol. The zero-order chi connectivity index (χ0) is 20.4. The number of carbonyl (C=O) groups is 1. The SMILES string of the molecule is CN=CC(=CN)N1CCc2nc(-c3ccc(N4CCC[C@@H](F)C4)nc3)sc2C1=O. The smallest absolute Gasteiger partial charge is 0.270 e. The number of anilines is 1. The molecule has 2 N–H and O–H groups in total. The normalized spacial score (nSPS) is 20.4. The monoisotopic (exact) mass is 414 g/mol. The van der Waals surface area contributed by atoms with Crippen molar-refractivity contribution in [3.63, 3.8) is 0 Å². The number of rotatable bonds is 4. The van der Waals surface area contributed by atoms with E-state index in [0.29, 0.717) is 36.5 Å². The van der Waals surface area contributed by atoms with Crippen LogP contribution in [0.2, 0.25) is 0 Å². The van der Waals surface area contributed by atoms with Gasteiger partial charge in [0.15, 0.2) is 0 Å². The number of nitrogens with two attached hydrogens (primary N) is 1. The highest BCUT2D eigenvalue weighted by molar-refractivity contribution is 7.17. The van der Waals surface area contributed by atoms with E-state index >= 15 is 0 Å². The third kappa shape index (κ3) is 3.87. The first-order valence-electron chi connectivity index (χ1n) is 9.61. The Hall–Kier alpha value is -2.81. The summed E-state index contributed by atoms with van der Waals surface area (Å²) in [6.07, 6.45) is 6.04. The topological polar surface area (TPSA) is 87.7 Å². The number of carbonyl (C=O) groups excluding carboxylic acids is 1. The van der Waals surface area contributed by atoms with Crippen LogP contribution in [-0.4, -0.2) is 59.8 Å². The average Bonchev–Trinajstić information content (AvgIpc) is 3.18. The molecule has 1 amide bonds. The third-order valence-electron chi connectivity index (χ3n) is 5.14. The molecule has 0 radical (unpaired) electrons. The van der Waals surface area contributed by atoms with Crippen LogP contribution in [0.1, 0.15) is 28.2 Å². The van der Waals surface area contributed by atoms with Gasteiger partial charge in [-0.15, -0.1) is 11.3 Å². The van der Waals surface area contributed by atoms with Gasteiger partial charge in [0.05, 0.1) is 17.9 Å². The van der Waals surface area contributed by atoms with Gasteiger partial charge in [0, 0.05) is 50.7 Å². The summed E-state index contributed by atoms with van der Waals surface area (Å²) in [6, 6.07) is 3.83. The number of pyridine rings is 1. The number of aromatic nitrogens is 2. The molecule has 0 bridgehead atoms. The number of halogens is 1. The van der Waals surface area contributed by atoms with Crippen LogP contribution >= 0.6 is 11.3 Å². The summed E-state index contributed by atoms with van der Waals surface area (Å²) >= 11 is 1.36. The summed E-state index contributed by atoms with van der Waals surface area (Å²) in [5.41, 5.74) is 7.89. The molecule has 0 spiro atoms. The van der Waals surface area contributed by atoms with Crippen LogP contribution < -0.4 is 10.6 Å². The number of amides is 1. The first kappa shape index (κ1) is 19.5. The van der Waals surface area contributed by atoms with E-state index in [-0.39, 0.29) is 5.91 Å². The maximum atomic E-state index is 13.7. The summed E-state index contributed by atoms with van der Waals surface area (Å²) in [5, 5.41) is 0.758. The van der Waals surface area contributed by atoms with E-state index in [4.69, 9.17) is 5.73 Å². The van der Waals surface area contributed by atoms with Crippen molar-refractivity contribution in [2.45, 2.75) is 25.4 Å². The Balaban J connectivity index is 1.55. The Morgan fingerprint density at radius 2 is 2.28 bits per heavy atom. The van der Waals surface area contributed by atoms with Gasteiger partial charge in [0.2, 0.25) is 0 Å². The number of aliphatic imine (C=N–C) groups is 1. The molecule has 152 valence electrons. The molecule has 2 aromatic heterocycles. The summed E-state index contributed by atoms with van der Waals surface area (Å²) < 4.78 is 13.7. The highest BCUT2D eigenvalue weighted by Gasteiger charge is 2.30. The third-order valence-corrected chi connectivity index (χ3v) is 6.27. The lowest BCUT2D eigenvalue weighted by atomic mass is 10.1. The average molecular weight is 415 g/mol. The molecule has 1 atom stereocenters. The van der Waals surface area contributed by atoms with Gasteiger partial charge < -0.3 is 15.5 Å². The number of piperidine rings is 1. The molecule has 29 heavy (non-hydrogen) atoms. The largest absolute Gasteiger partial charge is 0.403 e. The number of hydrogen-bond donors (Lipinski definition) is 1. The van der Waals surface area contributed by atoms with E-state index in [0.717, 1.165) is 35.0 Å². The zero-order valence-corrected chi connectivity index (χ0v) is 17.0. The maximum Gasteiger partial charge on any atom is 0.270 e. The number of thiazole rings is 1. The highest BCUT2D eigenvalue weighted by atomic mass is 32.1. The number of nitrogens with zero attached hydrogens (tertiary/aromatic N) is 5. The van der Waals surface area contributed by atoms with Gasteiger partial charge in [-0.1, -0.05) is 0 Å². The Kier molecular flexibility index (Phi) is 5.57. The Bertz CT molecular complexity index is 954.